The summed E-state index contributed by atoms with van der Waals surface area (Å²) in [5, 5.41) is 15.1. The number of halogens is 1. The van der Waals surface area contributed by atoms with Crippen LogP contribution in [0.5, 0.6) is 0 Å². The number of nitrogens with zero attached hydrogens (tertiary/aromatic N) is 1. The van der Waals surface area contributed by atoms with E-state index in [4.69, 9.17) is 5.11 Å². The van der Waals surface area contributed by atoms with E-state index in [-0.39, 0.29) is 30.6 Å². The molecule has 0 unspecified atom stereocenters. The monoisotopic (exact) mass is 419 g/mol. The van der Waals surface area contributed by atoms with Crippen LogP contribution in [0.4, 0.5) is 0 Å². The molecular weight excluding hydrogens is 389 g/mol. The Morgan fingerprint density at radius 3 is 2.41 bits per heavy atom. The van der Waals surface area contributed by atoms with Crippen LogP contribution in [-0.2, 0) is 6.42 Å². The minimum absolute atomic E-state index is 0. The molecule has 0 aliphatic carbocycles. The molecule has 126 valence electrons. The van der Waals surface area contributed by atoms with Gasteiger partial charge in [-0.1, -0.05) is 38.1 Å². The average molecular weight is 419 g/mol. The van der Waals surface area contributed by atoms with Crippen molar-refractivity contribution in [3.8, 4) is 0 Å². The zero-order valence-electron chi connectivity index (χ0n) is 13.9. The van der Waals surface area contributed by atoms with E-state index in [9.17, 15) is 0 Å². The van der Waals surface area contributed by atoms with Gasteiger partial charge < -0.3 is 15.7 Å². The fourth-order valence-electron chi connectivity index (χ4n) is 2.06. The second-order valence-corrected chi connectivity index (χ2v) is 5.41. The lowest BCUT2D eigenvalue weighted by molar-refractivity contribution is 0.300. The Morgan fingerprint density at radius 1 is 1.18 bits per heavy atom. The van der Waals surface area contributed by atoms with Gasteiger partial charge in [0.2, 0.25) is 0 Å². The lowest BCUT2D eigenvalue weighted by Gasteiger charge is -2.10. The van der Waals surface area contributed by atoms with Crippen LogP contribution in [0.1, 0.15) is 44.2 Å². The molecule has 0 atom stereocenters. The zero-order valence-corrected chi connectivity index (χ0v) is 16.3. The van der Waals surface area contributed by atoms with Crippen LogP contribution in [0.15, 0.2) is 29.3 Å². The molecule has 3 N–H and O–H groups in total. The third-order valence-corrected chi connectivity index (χ3v) is 3.29. The van der Waals surface area contributed by atoms with E-state index in [0.29, 0.717) is 12.5 Å². The molecule has 0 radical (unpaired) electrons. The van der Waals surface area contributed by atoms with Gasteiger partial charge in [0.15, 0.2) is 5.96 Å². The van der Waals surface area contributed by atoms with E-state index in [0.717, 1.165) is 31.9 Å². The highest BCUT2D eigenvalue weighted by Crippen LogP contribution is 2.15. The van der Waals surface area contributed by atoms with Crippen LogP contribution in [-0.4, -0.2) is 37.3 Å². The lowest BCUT2D eigenvalue weighted by Crippen LogP contribution is -2.38. The number of aliphatic hydroxyl groups is 1. The highest BCUT2D eigenvalue weighted by atomic mass is 127. The largest absolute Gasteiger partial charge is 0.395 e. The van der Waals surface area contributed by atoms with Crippen molar-refractivity contribution >= 4 is 29.9 Å². The first-order valence-corrected chi connectivity index (χ1v) is 7.89. The Bertz CT molecular complexity index is 418. The summed E-state index contributed by atoms with van der Waals surface area (Å²) in [6.45, 7) is 8.72. The van der Waals surface area contributed by atoms with Crippen LogP contribution in [0.3, 0.4) is 0 Å². The summed E-state index contributed by atoms with van der Waals surface area (Å²) >= 11 is 0. The van der Waals surface area contributed by atoms with Crippen molar-refractivity contribution in [3.05, 3.63) is 35.4 Å². The number of aliphatic imine (C=N–C) groups is 1. The van der Waals surface area contributed by atoms with Gasteiger partial charge in [0, 0.05) is 19.6 Å². The van der Waals surface area contributed by atoms with Gasteiger partial charge in [0.1, 0.15) is 0 Å². The summed E-state index contributed by atoms with van der Waals surface area (Å²) in [4.78, 5) is 4.50. The number of benzene rings is 1. The van der Waals surface area contributed by atoms with Crippen molar-refractivity contribution in [2.75, 3.05) is 26.2 Å². The van der Waals surface area contributed by atoms with Crippen molar-refractivity contribution in [2.24, 2.45) is 4.99 Å². The molecule has 0 aromatic heterocycles. The molecule has 0 spiro atoms. The van der Waals surface area contributed by atoms with Gasteiger partial charge in [-0.2, -0.15) is 0 Å². The van der Waals surface area contributed by atoms with Gasteiger partial charge in [-0.15, -0.1) is 24.0 Å². The number of hydrogen-bond acceptors (Lipinski definition) is 2. The van der Waals surface area contributed by atoms with Gasteiger partial charge >= 0.3 is 0 Å². The van der Waals surface area contributed by atoms with Gasteiger partial charge in [-0.25, -0.2) is 0 Å². The number of aliphatic hydroxyl groups excluding tert-OH is 1. The average Bonchev–Trinajstić information content (AvgIpc) is 2.49. The van der Waals surface area contributed by atoms with Crippen molar-refractivity contribution < 1.29 is 5.11 Å². The number of aryl methyl sites for hydroxylation is 1. The number of hydrogen-bond donors (Lipinski definition) is 3. The molecule has 0 saturated carbocycles. The van der Waals surface area contributed by atoms with Gasteiger partial charge in [-0.3, -0.25) is 4.99 Å². The quantitative estimate of drug-likeness (QED) is 0.263. The second kappa shape index (κ2) is 12.7. The van der Waals surface area contributed by atoms with E-state index in [2.05, 4.69) is 53.7 Å². The SMILES string of the molecule is CCNC(=NCCCc1ccc(C(C)C)cc1)NCCO.I. The number of guanidine groups is 1. The molecule has 22 heavy (non-hydrogen) atoms. The Hall–Kier alpha value is -0.820. The van der Waals surface area contributed by atoms with Crippen LogP contribution >= 0.6 is 24.0 Å². The fraction of sp³-hybridized carbons (Fsp3) is 0.588. The molecule has 0 heterocycles. The molecule has 5 heteroatoms. The molecular formula is C17H30IN3O. The van der Waals surface area contributed by atoms with Crippen LogP contribution in [0.25, 0.3) is 0 Å². The van der Waals surface area contributed by atoms with Crippen molar-refractivity contribution in [2.45, 2.75) is 39.5 Å². The third-order valence-electron chi connectivity index (χ3n) is 3.29. The summed E-state index contributed by atoms with van der Waals surface area (Å²) in [6.07, 6.45) is 2.07. The predicted molar refractivity (Wildman–Crippen MR) is 105 cm³/mol. The fourth-order valence-corrected chi connectivity index (χ4v) is 2.06. The minimum Gasteiger partial charge on any atom is -0.395 e. The molecule has 1 aromatic rings. The standard InChI is InChI=1S/C17H29N3O.HI/c1-4-18-17(20-12-13-21)19-11-5-6-15-7-9-16(10-8-15)14(2)3;/h7-10,14,21H,4-6,11-13H2,1-3H3,(H2,18,19,20);1H. The van der Waals surface area contributed by atoms with E-state index in [1.54, 1.807) is 0 Å². The maximum atomic E-state index is 8.82. The minimum atomic E-state index is 0. The third kappa shape index (κ3) is 8.58. The summed E-state index contributed by atoms with van der Waals surface area (Å²) < 4.78 is 0. The highest BCUT2D eigenvalue weighted by molar-refractivity contribution is 14.0. The molecule has 0 bridgehead atoms. The van der Waals surface area contributed by atoms with Crippen LogP contribution in [0, 0.1) is 0 Å². The van der Waals surface area contributed by atoms with Crippen LogP contribution in [0.2, 0.25) is 0 Å². The first-order valence-electron chi connectivity index (χ1n) is 7.89. The smallest absolute Gasteiger partial charge is 0.191 e. The first kappa shape index (κ1) is 21.2. The summed E-state index contributed by atoms with van der Waals surface area (Å²) in [5.74, 6) is 1.37. The number of rotatable bonds is 8. The Kier molecular flexibility index (Phi) is 12.2. The zero-order chi connectivity index (χ0) is 15.5. The Balaban J connectivity index is 0.00000441. The van der Waals surface area contributed by atoms with Crippen LogP contribution < -0.4 is 10.6 Å². The second-order valence-electron chi connectivity index (χ2n) is 5.41. The topological polar surface area (TPSA) is 56.7 Å². The molecule has 0 aliphatic rings. The van der Waals surface area contributed by atoms with Gasteiger partial charge in [0.25, 0.3) is 0 Å². The summed E-state index contributed by atoms with van der Waals surface area (Å²) in [6, 6.07) is 8.87. The van der Waals surface area contributed by atoms with Crippen molar-refractivity contribution in [1.82, 2.24) is 10.6 Å². The molecule has 0 aliphatic heterocycles. The molecule has 1 aromatic carbocycles. The van der Waals surface area contributed by atoms with E-state index < -0.39 is 0 Å². The maximum Gasteiger partial charge on any atom is 0.191 e. The Morgan fingerprint density at radius 2 is 1.86 bits per heavy atom. The van der Waals surface area contributed by atoms with Gasteiger partial charge in [0.05, 0.1) is 6.61 Å². The van der Waals surface area contributed by atoms with Crippen molar-refractivity contribution in [3.63, 3.8) is 0 Å². The molecule has 0 fully saturated rings. The molecule has 0 amide bonds. The highest BCUT2D eigenvalue weighted by Gasteiger charge is 1.99. The van der Waals surface area contributed by atoms with E-state index in [1.165, 1.54) is 11.1 Å². The maximum absolute atomic E-state index is 8.82. The van der Waals surface area contributed by atoms with Crippen molar-refractivity contribution in [1.29, 1.82) is 0 Å². The molecule has 4 nitrogen and oxygen atoms in total. The number of nitrogens with one attached hydrogen (secondary N) is 2. The molecule has 0 saturated heterocycles. The molecule has 1 rings (SSSR count). The van der Waals surface area contributed by atoms with Gasteiger partial charge in [-0.05, 0) is 36.8 Å². The predicted octanol–water partition coefficient (Wildman–Crippen LogP) is 2.91. The lowest BCUT2D eigenvalue weighted by atomic mass is 10.0. The Labute approximate surface area is 151 Å². The van der Waals surface area contributed by atoms with E-state index in [1.807, 2.05) is 6.92 Å². The normalized spacial score (nSPS) is 11.2. The van der Waals surface area contributed by atoms with E-state index >= 15 is 0 Å². The summed E-state index contributed by atoms with van der Waals surface area (Å²) in [7, 11) is 0. The first-order chi connectivity index (χ1) is 10.2. The summed E-state index contributed by atoms with van der Waals surface area (Å²) in [5.41, 5.74) is 2.75.